The van der Waals surface area contributed by atoms with Crippen LogP contribution >= 0.6 is 0 Å². The van der Waals surface area contributed by atoms with Crippen LogP contribution in [-0.2, 0) is 27.9 Å². The number of amides is 2. The van der Waals surface area contributed by atoms with Gasteiger partial charge in [-0.3, -0.25) is 9.69 Å². The van der Waals surface area contributed by atoms with Gasteiger partial charge in [0.25, 0.3) is 0 Å². The standard InChI is InChI=1S/C32H38F6N4O5/c1-46-26-11-10-25(16-39-26)30(45,32(36,37)38)19-40-27(43)23-6-2-22(3-7-23)18-42-20-29(47-28(42)44)12-14-41(15-13-29)17-21-4-8-24(9-5-21)31(33,34)35/h4-5,8-11,16,22-23,45H,2-3,6-7,12-15,17-20H2,1H3,(H,40,43). The zero-order valence-corrected chi connectivity index (χ0v) is 25.9. The van der Waals surface area contributed by atoms with Gasteiger partial charge in [-0.25, -0.2) is 9.78 Å². The molecule has 47 heavy (non-hydrogen) atoms. The summed E-state index contributed by atoms with van der Waals surface area (Å²) in [5, 5.41) is 12.9. The predicted octanol–water partition coefficient (Wildman–Crippen LogP) is 5.27. The van der Waals surface area contributed by atoms with E-state index < -0.39 is 59.1 Å². The normalized spacial score (nSPS) is 23.3. The van der Waals surface area contributed by atoms with E-state index in [2.05, 4.69) is 15.2 Å². The Bertz CT molecular complexity index is 1390. The van der Waals surface area contributed by atoms with Crippen molar-refractivity contribution in [1.82, 2.24) is 20.1 Å². The van der Waals surface area contributed by atoms with Gasteiger partial charge in [-0.05, 0) is 55.4 Å². The van der Waals surface area contributed by atoms with E-state index in [-0.39, 0.29) is 11.8 Å². The van der Waals surface area contributed by atoms with Gasteiger partial charge in [-0.1, -0.05) is 12.1 Å². The second-order valence-corrected chi connectivity index (χ2v) is 12.8. The Hall–Kier alpha value is -3.59. The summed E-state index contributed by atoms with van der Waals surface area (Å²) >= 11 is 0. The molecule has 2 amide bonds. The minimum atomic E-state index is -5.07. The Morgan fingerprint density at radius 3 is 2.21 bits per heavy atom. The fraction of sp³-hybridized carbons (Fsp3) is 0.594. The van der Waals surface area contributed by atoms with E-state index in [1.165, 1.54) is 25.3 Å². The lowest BCUT2D eigenvalue weighted by molar-refractivity contribution is -0.264. The molecule has 1 aromatic heterocycles. The predicted molar refractivity (Wildman–Crippen MR) is 156 cm³/mol. The third kappa shape index (κ3) is 7.94. The molecule has 2 aromatic rings. The number of carbonyl (C=O) groups is 2. The number of alkyl halides is 6. The van der Waals surface area contributed by atoms with Gasteiger partial charge >= 0.3 is 18.4 Å². The highest BCUT2D eigenvalue weighted by Gasteiger charge is 2.55. The molecule has 0 radical (unpaired) electrons. The zero-order valence-electron chi connectivity index (χ0n) is 25.9. The smallest absolute Gasteiger partial charge is 0.423 e. The number of carbonyl (C=O) groups excluding carboxylic acids is 2. The van der Waals surface area contributed by atoms with E-state index in [0.717, 1.165) is 30.0 Å². The second kappa shape index (κ2) is 13.5. The van der Waals surface area contributed by atoms with Crippen LogP contribution in [0.15, 0.2) is 42.6 Å². The molecule has 2 saturated heterocycles. The summed E-state index contributed by atoms with van der Waals surface area (Å²) < 4.78 is 90.9. The maximum Gasteiger partial charge on any atom is 0.423 e. The summed E-state index contributed by atoms with van der Waals surface area (Å²) in [7, 11) is 1.31. The minimum absolute atomic E-state index is 0.0802. The Balaban J connectivity index is 1.06. The van der Waals surface area contributed by atoms with Crippen LogP contribution < -0.4 is 10.1 Å². The number of aromatic nitrogens is 1. The van der Waals surface area contributed by atoms with E-state index in [4.69, 9.17) is 9.47 Å². The average Bonchev–Trinajstić information content (AvgIpc) is 3.34. The van der Waals surface area contributed by atoms with Gasteiger partial charge in [-0.15, -0.1) is 0 Å². The molecular weight excluding hydrogens is 634 g/mol. The highest BCUT2D eigenvalue weighted by molar-refractivity contribution is 5.78. The van der Waals surface area contributed by atoms with Gasteiger partial charge < -0.3 is 24.8 Å². The molecule has 1 aromatic carbocycles. The molecular formula is C32H38F6N4O5. The molecule has 5 rings (SSSR count). The summed E-state index contributed by atoms with van der Waals surface area (Å²) in [4.78, 5) is 33.2. The topological polar surface area (TPSA) is 104 Å². The molecule has 3 heterocycles. The van der Waals surface area contributed by atoms with Gasteiger partial charge in [0, 0.05) is 62.8 Å². The fourth-order valence-electron chi connectivity index (χ4n) is 6.66. The average molecular weight is 673 g/mol. The molecule has 3 aliphatic rings. The number of pyridine rings is 1. The van der Waals surface area contributed by atoms with Crippen LogP contribution in [0.25, 0.3) is 0 Å². The highest BCUT2D eigenvalue weighted by atomic mass is 19.4. The van der Waals surface area contributed by atoms with Crippen molar-refractivity contribution in [2.45, 2.75) is 68.6 Å². The van der Waals surface area contributed by atoms with Crippen molar-refractivity contribution >= 4 is 12.0 Å². The van der Waals surface area contributed by atoms with E-state index in [1.807, 2.05) is 0 Å². The lowest BCUT2D eigenvalue weighted by Gasteiger charge is -2.37. The van der Waals surface area contributed by atoms with Crippen LogP contribution in [0, 0.1) is 11.8 Å². The number of rotatable bonds is 9. The number of benzene rings is 1. The molecule has 2 N–H and O–H groups in total. The minimum Gasteiger partial charge on any atom is -0.481 e. The van der Waals surface area contributed by atoms with Crippen LogP contribution in [0.3, 0.4) is 0 Å². The third-order valence-electron chi connectivity index (χ3n) is 9.60. The number of hydrogen-bond donors (Lipinski definition) is 2. The summed E-state index contributed by atoms with van der Waals surface area (Å²) in [6.07, 6.45) is -5.74. The number of ether oxygens (including phenoxy) is 2. The number of methoxy groups -OCH3 is 1. The Morgan fingerprint density at radius 2 is 1.66 bits per heavy atom. The van der Waals surface area contributed by atoms with Crippen molar-refractivity contribution < 1.29 is 50.5 Å². The van der Waals surface area contributed by atoms with E-state index >= 15 is 0 Å². The maximum absolute atomic E-state index is 13.9. The highest BCUT2D eigenvalue weighted by Crippen LogP contribution is 2.40. The lowest BCUT2D eigenvalue weighted by Crippen LogP contribution is -2.52. The largest absolute Gasteiger partial charge is 0.481 e. The number of hydrogen-bond acceptors (Lipinski definition) is 7. The Morgan fingerprint density at radius 1 is 1.02 bits per heavy atom. The summed E-state index contributed by atoms with van der Waals surface area (Å²) in [5.41, 5.74) is -4.39. The molecule has 1 saturated carbocycles. The van der Waals surface area contributed by atoms with E-state index in [9.17, 15) is 41.0 Å². The second-order valence-electron chi connectivity index (χ2n) is 12.8. The third-order valence-corrected chi connectivity index (χ3v) is 9.60. The van der Waals surface area contributed by atoms with Crippen molar-refractivity contribution in [3.63, 3.8) is 0 Å². The number of halogens is 6. The van der Waals surface area contributed by atoms with Crippen LogP contribution in [0.5, 0.6) is 5.88 Å². The quantitative estimate of drug-likeness (QED) is 0.350. The van der Waals surface area contributed by atoms with Crippen LogP contribution in [0.1, 0.15) is 55.2 Å². The van der Waals surface area contributed by atoms with Gasteiger partial charge in [0.15, 0.2) is 0 Å². The van der Waals surface area contributed by atoms with Crippen molar-refractivity contribution in [3.05, 3.63) is 59.3 Å². The Labute approximate surface area is 268 Å². The molecule has 1 unspecified atom stereocenters. The lowest BCUT2D eigenvalue weighted by atomic mass is 9.81. The fourth-order valence-corrected chi connectivity index (χ4v) is 6.66. The number of nitrogens with zero attached hydrogens (tertiary/aromatic N) is 3. The number of aliphatic hydroxyl groups is 1. The van der Waals surface area contributed by atoms with E-state index in [0.29, 0.717) is 71.2 Å². The molecule has 258 valence electrons. The van der Waals surface area contributed by atoms with Crippen molar-refractivity contribution in [2.75, 3.05) is 39.8 Å². The van der Waals surface area contributed by atoms with E-state index in [1.54, 1.807) is 4.90 Å². The molecule has 0 bridgehead atoms. The summed E-state index contributed by atoms with van der Waals surface area (Å²) in [6.45, 7) is 1.56. The molecule has 1 spiro atoms. The first kappa shape index (κ1) is 34.7. The van der Waals surface area contributed by atoms with Gasteiger partial charge in [0.05, 0.1) is 25.8 Å². The SMILES string of the molecule is COc1ccc(C(O)(CNC(=O)C2CCC(CN3CC4(CCN(Cc5ccc(C(F)(F)F)cc5)CC4)OC3=O)CC2)C(F)(F)F)cn1. The van der Waals surface area contributed by atoms with Crippen LogP contribution in [0.4, 0.5) is 31.1 Å². The zero-order chi connectivity index (χ0) is 34.0. The van der Waals surface area contributed by atoms with Gasteiger partial charge in [-0.2, -0.15) is 26.3 Å². The van der Waals surface area contributed by atoms with Crippen molar-refractivity contribution in [1.29, 1.82) is 0 Å². The first-order valence-electron chi connectivity index (χ1n) is 15.5. The maximum atomic E-state index is 13.9. The monoisotopic (exact) mass is 672 g/mol. The number of piperidine rings is 1. The molecule has 9 nitrogen and oxygen atoms in total. The number of nitrogens with one attached hydrogen (secondary N) is 1. The van der Waals surface area contributed by atoms with Gasteiger partial charge in [0.1, 0.15) is 5.60 Å². The van der Waals surface area contributed by atoms with Crippen molar-refractivity contribution in [3.8, 4) is 5.88 Å². The van der Waals surface area contributed by atoms with Crippen LogP contribution in [-0.4, -0.2) is 83.5 Å². The van der Waals surface area contributed by atoms with Crippen molar-refractivity contribution in [2.24, 2.45) is 11.8 Å². The number of likely N-dealkylation sites (tertiary alicyclic amines) is 1. The summed E-state index contributed by atoms with van der Waals surface area (Å²) in [5.74, 6) is -0.922. The van der Waals surface area contributed by atoms with Crippen LogP contribution in [0.2, 0.25) is 0 Å². The molecule has 1 aliphatic carbocycles. The molecule has 2 aliphatic heterocycles. The first-order valence-corrected chi connectivity index (χ1v) is 15.5. The molecule has 1 atom stereocenters. The molecule has 3 fully saturated rings. The molecule has 15 heteroatoms. The van der Waals surface area contributed by atoms with Gasteiger partial charge in [0.2, 0.25) is 17.4 Å². The first-order chi connectivity index (χ1) is 22.1. The Kier molecular flexibility index (Phi) is 9.97. The summed E-state index contributed by atoms with van der Waals surface area (Å²) in [6, 6.07) is 7.36.